The fraction of sp³-hybridized carbons (Fsp3) is 1.00. The van der Waals surface area contributed by atoms with E-state index in [0.29, 0.717) is 11.5 Å². The molecule has 0 saturated carbocycles. The molecule has 78 valence electrons. The Morgan fingerprint density at radius 1 is 1.08 bits per heavy atom. The summed E-state index contributed by atoms with van der Waals surface area (Å²) in [4.78, 5) is 4.98. The summed E-state index contributed by atoms with van der Waals surface area (Å²) in [5.41, 5.74) is 0.396. The van der Waals surface area contributed by atoms with Gasteiger partial charge in [-0.1, -0.05) is 20.8 Å². The van der Waals surface area contributed by atoms with Gasteiger partial charge in [-0.3, -0.25) is 0 Å². The first-order chi connectivity index (χ1) is 5.91. The highest BCUT2D eigenvalue weighted by Crippen LogP contribution is 2.25. The molecule has 13 heavy (non-hydrogen) atoms. The van der Waals surface area contributed by atoms with Crippen molar-refractivity contribution in [2.45, 2.75) is 33.2 Å². The molecule has 0 spiro atoms. The third kappa shape index (κ3) is 2.96. The van der Waals surface area contributed by atoms with Crippen molar-refractivity contribution in [2.75, 3.05) is 33.7 Å². The predicted octanol–water partition coefficient (Wildman–Crippen LogP) is 1.67. The fourth-order valence-corrected chi connectivity index (χ4v) is 2.21. The Bertz CT molecular complexity index is 160. The number of rotatable bonds is 0. The maximum atomic E-state index is 2.52. The lowest BCUT2D eigenvalue weighted by molar-refractivity contribution is 0.116. The molecule has 0 aromatic carbocycles. The van der Waals surface area contributed by atoms with Gasteiger partial charge in [-0.25, -0.2) is 0 Å². The van der Waals surface area contributed by atoms with E-state index in [1.165, 1.54) is 26.1 Å². The quantitative estimate of drug-likeness (QED) is 0.565. The molecule has 1 rings (SSSR count). The monoisotopic (exact) mass is 184 g/mol. The van der Waals surface area contributed by atoms with Gasteiger partial charge >= 0.3 is 0 Å². The van der Waals surface area contributed by atoms with Crippen LogP contribution >= 0.6 is 0 Å². The van der Waals surface area contributed by atoms with Gasteiger partial charge in [0, 0.05) is 12.6 Å². The largest absolute Gasteiger partial charge is 0.305 e. The SMILES string of the molecule is CN1CCCN(C)[C@@H](C(C)(C)C)C1. The second kappa shape index (κ2) is 3.97. The van der Waals surface area contributed by atoms with Crippen LogP contribution in [-0.4, -0.2) is 49.6 Å². The van der Waals surface area contributed by atoms with Crippen LogP contribution in [0.5, 0.6) is 0 Å². The maximum Gasteiger partial charge on any atom is 0.0268 e. The lowest BCUT2D eigenvalue weighted by Gasteiger charge is -2.38. The summed E-state index contributed by atoms with van der Waals surface area (Å²) >= 11 is 0. The lowest BCUT2D eigenvalue weighted by atomic mass is 9.85. The summed E-state index contributed by atoms with van der Waals surface area (Å²) in [6.45, 7) is 10.7. The van der Waals surface area contributed by atoms with Gasteiger partial charge in [-0.05, 0) is 39.0 Å². The average Bonchev–Trinajstić information content (AvgIpc) is 2.11. The standard InChI is InChI=1S/C11H24N2/c1-11(2,3)10-9-12(4)7-6-8-13(10)5/h10H,6-9H2,1-5H3/t10-/m1/s1. The molecular formula is C11H24N2. The van der Waals surface area contributed by atoms with E-state index < -0.39 is 0 Å². The van der Waals surface area contributed by atoms with Crippen LogP contribution in [0.1, 0.15) is 27.2 Å². The Morgan fingerprint density at radius 2 is 1.69 bits per heavy atom. The van der Waals surface area contributed by atoms with Crippen LogP contribution in [0, 0.1) is 5.41 Å². The molecule has 1 heterocycles. The molecule has 0 radical (unpaired) electrons. The van der Waals surface area contributed by atoms with Gasteiger partial charge in [0.1, 0.15) is 0 Å². The van der Waals surface area contributed by atoms with Gasteiger partial charge in [0.15, 0.2) is 0 Å². The zero-order valence-corrected chi connectivity index (χ0v) is 9.80. The highest BCUT2D eigenvalue weighted by atomic mass is 15.2. The van der Waals surface area contributed by atoms with Crippen molar-refractivity contribution >= 4 is 0 Å². The van der Waals surface area contributed by atoms with E-state index in [1.807, 2.05) is 0 Å². The number of hydrogen-bond donors (Lipinski definition) is 0. The van der Waals surface area contributed by atoms with E-state index in [-0.39, 0.29) is 0 Å². The summed E-state index contributed by atoms with van der Waals surface area (Å²) < 4.78 is 0. The van der Waals surface area contributed by atoms with Crippen LogP contribution < -0.4 is 0 Å². The summed E-state index contributed by atoms with van der Waals surface area (Å²) in [5.74, 6) is 0. The molecule has 0 aliphatic carbocycles. The molecule has 0 aromatic heterocycles. The van der Waals surface area contributed by atoms with E-state index in [2.05, 4.69) is 44.7 Å². The van der Waals surface area contributed by atoms with Crippen LogP contribution in [0.4, 0.5) is 0 Å². The van der Waals surface area contributed by atoms with Crippen LogP contribution in [0.15, 0.2) is 0 Å². The lowest BCUT2D eigenvalue weighted by Crippen LogP contribution is -2.46. The minimum atomic E-state index is 0.396. The summed E-state index contributed by atoms with van der Waals surface area (Å²) in [7, 11) is 4.49. The molecule has 1 atom stereocenters. The summed E-state index contributed by atoms with van der Waals surface area (Å²) in [6.07, 6.45) is 1.31. The third-order valence-electron chi connectivity index (χ3n) is 3.07. The van der Waals surface area contributed by atoms with Crippen molar-refractivity contribution in [3.63, 3.8) is 0 Å². The van der Waals surface area contributed by atoms with E-state index in [9.17, 15) is 0 Å². The first-order valence-corrected chi connectivity index (χ1v) is 5.30. The second-order valence-corrected chi connectivity index (χ2v) is 5.48. The normalized spacial score (nSPS) is 28.8. The van der Waals surface area contributed by atoms with Crippen LogP contribution in [0.25, 0.3) is 0 Å². The Hall–Kier alpha value is -0.0800. The Labute approximate surface area is 82.9 Å². The maximum absolute atomic E-state index is 2.52. The third-order valence-corrected chi connectivity index (χ3v) is 3.07. The second-order valence-electron chi connectivity index (χ2n) is 5.48. The summed E-state index contributed by atoms with van der Waals surface area (Å²) in [5, 5.41) is 0. The molecule has 1 aliphatic heterocycles. The topological polar surface area (TPSA) is 6.48 Å². The Morgan fingerprint density at radius 3 is 2.23 bits per heavy atom. The van der Waals surface area contributed by atoms with Crippen LogP contribution in [-0.2, 0) is 0 Å². The van der Waals surface area contributed by atoms with Crippen molar-refractivity contribution in [3.8, 4) is 0 Å². The van der Waals surface area contributed by atoms with Crippen molar-refractivity contribution < 1.29 is 0 Å². The van der Waals surface area contributed by atoms with Crippen LogP contribution in [0.2, 0.25) is 0 Å². The molecule has 0 bridgehead atoms. The zero-order chi connectivity index (χ0) is 10.1. The van der Waals surface area contributed by atoms with Gasteiger partial charge in [-0.2, -0.15) is 0 Å². The van der Waals surface area contributed by atoms with E-state index in [1.54, 1.807) is 0 Å². The molecule has 1 fully saturated rings. The molecule has 1 aliphatic rings. The first kappa shape index (κ1) is 11.0. The molecule has 0 unspecified atom stereocenters. The minimum Gasteiger partial charge on any atom is -0.305 e. The highest BCUT2D eigenvalue weighted by molar-refractivity contribution is 4.85. The van der Waals surface area contributed by atoms with Crippen molar-refractivity contribution in [3.05, 3.63) is 0 Å². The van der Waals surface area contributed by atoms with Crippen molar-refractivity contribution in [2.24, 2.45) is 5.41 Å². The van der Waals surface area contributed by atoms with Crippen molar-refractivity contribution in [1.29, 1.82) is 0 Å². The smallest absolute Gasteiger partial charge is 0.0268 e. The fourth-order valence-electron chi connectivity index (χ4n) is 2.21. The van der Waals surface area contributed by atoms with E-state index >= 15 is 0 Å². The molecule has 2 heteroatoms. The van der Waals surface area contributed by atoms with E-state index in [0.717, 1.165) is 0 Å². The van der Waals surface area contributed by atoms with Crippen molar-refractivity contribution in [1.82, 2.24) is 9.80 Å². The first-order valence-electron chi connectivity index (χ1n) is 5.30. The van der Waals surface area contributed by atoms with E-state index in [4.69, 9.17) is 0 Å². The Kier molecular flexibility index (Phi) is 3.36. The Balaban J connectivity index is 2.67. The van der Waals surface area contributed by atoms with Gasteiger partial charge in [0.05, 0.1) is 0 Å². The molecular weight excluding hydrogens is 160 g/mol. The highest BCUT2D eigenvalue weighted by Gasteiger charge is 2.30. The molecule has 2 nitrogen and oxygen atoms in total. The predicted molar refractivity (Wildman–Crippen MR) is 58.0 cm³/mol. The van der Waals surface area contributed by atoms with Gasteiger partial charge < -0.3 is 9.80 Å². The van der Waals surface area contributed by atoms with Gasteiger partial charge in [-0.15, -0.1) is 0 Å². The molecule has 0 aromatic rings. The van der Waals surface area contributed by atoms with Crippen LogP contribution in [0.3, 0.4) is 0 Å². The zero-order valence-electron chi connectivity index (χ0n) is 9.80. The number of likely N-dealkylation sites (N-methyl/N-ethyl adjacent to an activating group) is 2. The minimum absolute atomic E-state index is 0.396. The number of hydrogen-bond acceptors (Lipinski definition) is 2. The molecule has 0 amide bonds. The van der Waals surface area contributed by atoms with Gasteiger partial charge in [0.2, 0.25) is 0 Å². The van der Waals surface area contributed by atoms with Gasteiger partial charge in [0.25, 0.3) is 0 Å². The number of nitrogens with zero attached hydrogens (tertiary/aromatic N) is 2. The average molecular weight is 184 g/mol. The molecule has 0 N–H and O–H groups in total. The molecule has 1 saturated heterocycles. The summed E-state index contributed by atoms with van der Waals surface area (Å²) in [6, 6.07) is 0.694.